The Morgan fingerprint density at radius 1 is 0.933 bits per heavy atom. The van der Waals surface area contributed by atoms with Crippen molar-refractivity contribution in [3.8, 4) is 0 Å². The van der Waals surface area contributed by atoms with Crippen LogP contribution in [0.2, 0.25) is 0 Å². The fourth-order valence-electron chi connectivity index (χ4n) is 4.08. The molecule has 0 amide bonds. The number of aliphatic hydroxyl groups is 1. The lowest BCUT2D eigenvalue weighted by molar-refractivity contribution is 0.267. The minimum Gasteiger partial charge on any atom is -0.469 e. The number of furan rings is 1. The fraction of sp³-hybridized carbons (Fsp3) is 0.200. The molecule has 0 bridgehead atoms. The van der Waals surface area contributed by atoms with Crippen LogP contribution in [0.5, 0.6) is 0 Å². The zero-order valence-corrected chi connectivity index (χ0v) is 16.6. The summed E-state index contributed by atoms with van der Waals surface area (Å²) in [6, 6.07) is 24.4. The van der Waals surface area contributed by atoms with Crippen LogP contribution in [0, 0.1) is 0 Å². The van der Waals surface area contributed by atoms with Gasteiger partial charge >= 0.3 is 0 Å². The van der Waals surface area contributed by atoms with Crippen molar-refractivity contribution in [3.05, 3.63) is 113 Å². The first-order valence-electron chi connectivity index (χ1n) is 10.2. The summed E-state index contributed by atoms with van der Waals surface area (Å²) in [7, 11) is 0. The van der Waals surface area contributed by atoms with Gasteiger partial charge in [-0.2, -0.15) is 0 Å². The molecule has 1 aliphatic rings. The molecule has 0 aliphatic carbocycles. The van der Waals surface area contributed by atoms with Crippen LogP contribution in [0.3, 0.4) is 0 Å². The maximum Gasteiger partial charge on any atom is 0.154 e. The van der Waals surface area contributed by atoms with Gasteiger partial charge in [-0.3, -0.25) is 4.99 Å². The van der Waals surface area contributed by atoms with Crippen LogP contribution in [0.15, 0.2) is 88.5 Å². The normalized spacial score (nSPS) is 15.6. The lowest BCUT2D eigenvalue weighted by Gasteiger charge is -2.24. The predicted octanol–water partition coefficient (Wildman–Crippen LogP) is 4.35. The topological polar surface area (TPSA) is 63.6 Å². The minimum atomic E-state index is -0.0663. The second-order valence-corrected chi connectivity index (χ2v) is 7.52. The SMILES string of the molecule is OCc1c(Cc2ccco2)nc2n1CC(c1ccccc1)N=C2Cc1ccccc1. The molecule has 5 rings (SSSR count). The third-order valence-electron chi connectivity index (χ3n) is 5.55. The van der Waals surface area contributed by atoms with E-state index in [-0.39, 0.29) is 12.6 Å². The van der Waals surface area contributed by atoms with E-state index < -0.39 is 0 Å². The zero-order chi connectivity index (χ0) is 20.3. The number of hydrogen-bond donors (Lipinski definition) is 1. The quantitative estimate of drug-likeness (QED) is 0.526. The van der Waals surface area contributed by atoms with Crippen LogP contribution in [0.25, 0.3) is 0 Å². The molecule has 5 heteroatoms. The summed E-state index contributed by atoms with van der Waals surface area (Å²) in [5, 5.41) is 10.2. The Labute approximate surface area is 175 Å². The molecule has 1 atom stereocenters. The van der Waals surface area contributed by atoms with Gasteiger partial charge in [0.2, 0.25) is 0 Å². The highest BCUT2D eigenvalue weighted by molar-refractivity contribution is 6.00. The van der Waals surface area contributed by atoms with Gasteiger partial charge in [-0.15, -0.1) is 0 Å². The number of imidazole rings is 1. The van der Waals surface area contributed by atoms with Gasteiger partial charge in [-0.05, 0) is 23.3 Å². The van der Waals surface area contributed by atoms with Crippen LogP contribution in [0.1, 0.15) is 40.1 Å². The summed E-state index contributed by atoms with van der Waals surface area (Å²) in [4.78, 5) is 10.0. The summed E-state index contributed by atoms with van der Waals surface area (Å²) >= 11 is 0. The number of rotatable bonds is 6. The average Bonchev–Trinajstić information content (AvgIpc) is 3.43. The van der Waals surface area contributed by atoms with Crippen molar-refractivity contribution in [2.24, 2.45) is 4.99 Å². The van der Waals surface area contributed by atoms with Crippen molar-refractivity contribution in [1.29, 1.82) is 0 Å². The van der Waals surface area contributed by atoms with E-state index in [1.165, 1.54) is 11.1 Å². The van der Waals surface area contributed by atoms with Crippen LogP contribution >= 0.6 is 0 Å². The van der Waals surface area contributed by atoms with E-state index in [4.69, 9.17) is 14.4 Å². The number of fused-ring (bicyclic) bond motifs is 1. The summed E-state index contributed by atoms with van der Waals surface area (Å²) in [6.45, 7) is 0.599. The van der Waals surface area contributed by atoms with Gasteiger partial charge in [0, 0.05) is 6.42 Å². The van der Waals surface area contributed by atoms with Crippen LogP contribution < -0.4 is 0 Å². The molecule has 2 aromatic heterocycles. The Morgan fingerprint density at radius 3 is 2.40 bits per heavy atom. The Balaban J connectivity index is 1.58. The smallest absolute Gasteiger partial charge is 0.154 e. The van der Waals surface area contributed by atoms with E-state index in [2.05, 4.69) is 28.8 Å². The Bertz CT molecular complexity index is 1150. The molecule has 0 spiro atoms. The molecule has 1 unspecified atom stereocenters. The largest absolute Gasteiger partial charge is 0.469 e. The first-order valence-corrected chi connectivity index (χ1v) is 10.2. The summed E-state index contributed by atoms with van der Waals surface area (Å²) in [5.41, 5.74) is 4.98. The van der Waals surface area contributed by atoms with Crippen LogP contribution in [0.4, 0.5) is 0 Å². The van der Waals surface area contributed by atoms with Crippen molar-refractivity contribution in [2.75, 3.05) is 0 Å². The number of benzene rings is 2. The van der Waals surface area contributed by atoms with E-state index >= 15 is 0 Å². The van der Waals surface area contributed by atoms with E-state index in [0.29, 0.717) is 19.4 Å². The first kappa shape index (κ1) is 18.6. The second kappa shape index (κ2) is 8.13. The molecular weight excluding hydrogens is 374 g/mol. The lowest BCUT2D eigenvalue weighted by Crippen LogP contribution is -2.24. The molecule has 0 radical (unpaired) electrons. The Morgan fingerprint density at radius 2 is 1.70 bits per heavy atom. The van der Waals surface area contributed by atoms with Crippen LogP contribution in [-0.4, -0.2) is 20.4 Å². The highest BCUT2D eigenvalue weighted by atomic mass is 16.3. The predicted molar refractivity (Wildman–Crippen MR) is 116 cm³/mol. The monoisotopic (exact) mass is 397 g/mol. The maximum absolute atomic E-state index is 10.2. The fourth-order valence-corrected chi connectivity index (χ4v) is 4.08. The molecule has 0 saturated carbocycles. The van der Waals surface area contributed by atoms with Gasteiger partial charge in [0.05, 0.1) is 49.0 Å². The second-order valence-electron chi connectivity index (χ2n) is 7.52. The maximum atomic E-state index is 10.2. The molecule has 0 saturated heterocycles. The van der Waals surface area contributed by atoms with E-state index in [9.17, 15) is 5.11 Å². The van der Waals surface area contributed by atoms with Crippen molar-refractivity contribution < 1.29 is 9.52 Å². The Hall–Kier alpha value is -3.44. The van der Waals surface area contributed by atoms with E-state index in [1.807, 2.05) is 48.5 Å². The third-order valence-corrected chi connectivity index (χ3v) is 5.55. The summed E-state index contributed by atoms with van der Waals surface area (Å²) in [6.07, 6.45) is 2.92. The van der Waals surface area contributed by atoms with E-state index in [1.54, 1.807) is 6.26 Å². The summed E-state index contributed by atoms with van der Waals surface area (Å²) < 4.78 is 7.66. The molecule has 2 aromatic carbocycles. The number of aromatic nitrogens is 2. The third kappa shape index (κ3) is 3.60. The summed E-state index contributed by atoms with van der Waals surface area (Å²) in [5.74, 6) is 1.68. The number of aliphatic hydroxyl groups excluding tert-OH is 1. The minimum absolute atomic E-state index is 0.00613. The standard InChI is InChI=1S/C25H23N3O2/c29-17-24-21(15-20-12-7-13-30-20)27-25-22(14-18-8-3-1-4-9-18)26-23(16-28(24)25)19-10-5-2-6-11-19/h1-13,23,29H,14-17H2. The molecule has 0 fully saturated rings. The highest BCUT2D eigenvalue weighted by Gasteiger charge is 2.28. The van der Waals surface area contributed by atoms with Crippen molar-refractivity contribution in [2.45, 2.75) is 32.0 Å². The lowest BCUT2D eigenvalue weighted by atomic mass is 10.0. The van der Waals surface area contributed by atoms with Gasteiger partial charge < -0.3 is 14.1 Å². The van der Waals surface area contributed by atoms with Gasteiger partial charge in [0.15, 0.2) is 5.82 Å². The first-order chi connectivity index (χ1) is 14.8. The molecule has 30 heavy (non-hydrogen) atoms. The number of aliphatic imine (C=N–C) groups is 1. The van der Waals surface area contributed by atoms with Crippen LogP contribution in [-0.2, 0) is 26.0 Å². The molecular formula is C25H23N3O2. The zero-order valence-electron chi connectivity index (χ0n) is 16.6. The molecule has 1 aliphatic heterocycles. The van der Waals surface area contributed by atoms with Gasteiger partial charge in [0.1, 0.15) is 5.76 Å². The Kier molecular flexibility index (Phi) is 5.03. The number of hydrogen-bond acceptors (Lipinski definition) is 4. The number of nitrogens with zero attached hydrogens (tertiary/aromatic N) is 3. The van der Waals surface area contributed by atoms with Gasteiger partial charge in [-0.25, -0.2) is 4.98 Å². The average molecular weight is 397 g/mol. The molecule has 150 valence electrons. The molecule has 3 heterocycles. The molecule has 5 nitrogen and oxygen atoms in total. The van der Waals surface area contributed by atoms with Gasteiger partial charge in [-0.1, -0.05) is 60.7 Å². The van der Waals surface area contributed by atoms with Gasteiger partial charge in [0.25, 0.3) is 0 Å². The van der Waals surface area contributed by atoms with Crippen molar-refractivity contribution >= 4 is 5.71 Å². The van der Waals surface area contributed by atoms with Crippen molar-refractivity contribution in [1.82, 2.24) is 9.55 Å². The molecule has 1 N–H and O–H groups in total. The highest BCUT2D eigenvalue weighted by Crippen LogP contribution is 2.30. The molecule has 4 aromatic rings. The van der Waals surface area contributed by atoms with Crippen molar-refractivity contribution in [3.63, 3.8) is 0 Å². The van der Waals surface area contributed by atoms with E-state index in [0.717, 1.165) is 28.7 Å².